The molecule has 0 aromatic carbocycles. The van der Waals surface area contributed by atoms with Gasteiger partial charge in [0.2, 0.25) is 5.95 Å². The Bertz CT molecular complexity index is 390. The average Bonchev–Trinajstić information content (AvgIpc) is 2.28. The highest BCUT2D eigenvalue weighted by Crippen LogP contribution is 2.40. The zero-order valence-electron chi connectivity index (χ0n) is 10.4. The molecule has 1 heterocycles. The van der Waals surface area contributed by atoms with Crippen LogP contribution >= 0.6 is 15.9 Å². The van der Waals surface area contributed by atoms with E-state index >= 15 is 0 Å². The van der Waals surface area contributed by atoms with E-state index in [9.17, 15) is 0 Å². The molecule has 0 bridgehead atoms. The first kappa shape index (κ1) is 12.6. The third-order valence-corrected chi connectivity index (χ3v) is 3.90. The van der Waals surface area contributed by atoms with E-state index in [-0.39, 0.29) is 0 Å². The van der Waals surface area contributed by atoms with Crippen LogP contribution in [0.25, 0.3) is 0 Å². The Morgan fingerprint density at radius 2 is 2.18 bits per heavy atom. The predicted octanol–water partition coefficient (Wildman–Crippen LogP) is 3.27. The molecule has 0 radical (unpaired) electrons. The van der Waals surface area contributed by atoms with Crippen molar-refractivity contribution in [2.75, 3.05) is 23.7 Å². The van der Waals surface area contributed by atoms with E-state index in [4.69, 9.17) is 0 Å². The smallest absolute Gasteiger partial charge is 0.224 e. The molecule has 1 saturated carbocycles. The summed E-state index contributed by atoms with van der Waals surface area (Å²) < 4.78 is 0.919. The number of hydrogen-bond donors (Lipinski definition) is 2. The minimum Gasteiger partial charge on any atom is -0.368 e. The van der Waals surface area contributed by atoms with E-state index in [1.165, 1.54) is 19.3 Å². The van der Waals surface area contributed by atoms with E-state index in [0.717, 1.165) is 23.4 Å². The number of aromatic nitrogens is 2. The van der Waals surface area contributed by atoms with Crippen molar-refractivity contribution >= 4 is 27.7 Å². The van der Waals surface area contributed by atoms with Crippen LogP contribution in [0.15, 0.2) is 10.7 Å². The van der Waals surface area contributed by atoms with Crippen molar-refractivity contribution < 1.29 is 0 Å². The zero-order chi connectivity index (χ0) is 12.3. The maximum Gasteiger partial charge on any atom is 0.224 e. The number of rotatable bonds is 5. The molecule has 0 unspecified atom stereocenters. The molecular weight excluding hydrogens is 280 g/mol. The average molecular weight is 299 g/mol. The topological polar surface area (TPSA) is 49.8 Å². The van der Waals surface area contributed by atoms with E-state index < -0.39 is 0 Å². The molecule has 0 spiro atoms. The Balaban J connectivity index is 2.00. The van der Waals surface area contributed by atoms with Gasteiger partial charge in [0.15, 0.2) is 0 Å². The number of nitrogens with one attached hydrogen (secondary N) is 2. The Hall–Kier alpha value is -0.840. The van der Waals surface area contributed by atoms with Gasteiger partial charge in [0, 0.05) is 19.3 Å². The number of nitrogens with zero attached hydrogens (tertiary/aromatic N) is 2. The molecule has 1 aliphatic carbocycles. The van der Waals surface area contributed by atoms with Gasteiger partial charge in [-0.3, -0.25) is 0 Å². The molecule has 2 rings (SSSR count). The minimum absolute atomic E-state index is 0.447. The summed E-state index contributed by atoms with van der Waals surface area (Å²) in [5, 5.41) is 6.53. The highest BCUT2D eigenvalue weighted by molar-refractivity contribution is 9.10. The largest absolute Gasteiger partial charge is 0.368 e. The maximum atomic E-state index is 4.44. The lowest BCUT2D eigenvalue weighted by Gasteiger charge is -2.38. The van der Waals surface area contributed by atoms with Gasteiger partial charge in [-0.2, -0.15) is 4.98 Å². The second kappa shape index (κ2) is 5.21. The molecule has 0 atom stereocenters. The summed E-state index contributed by atoms with van der Waals surface area (Å²) in [6, 6.07) is 0. The van der Waals surface area contributed by atoms with Gasteiger partial charge in [-0.15, -0.1) is 0 Å². The van der Waals surface area contributed by atoms with Gasteiger partial charge >= 0.3 is 0 Å². The Labute approximate surface area is 111 Å². The van der Waals surface area contributed by atoms with Crippen LogP contribution in [-0.4, -0.2) is 23.1 Å². The van der Waals surface area contributed by atoms with Crippen LogP contribution in [-0.2, 0) is 0 Å². The summed E-state index contributed by atoms with van der Waals surface area (Å²) in [4.78, 5) is 8.64. The molecule has 2 N–H and O–H groups in total. The Kier molecular flexibility index (Phi) is 3.86. The van der Waals surface area contributed by atoms with E-state index in [1.54, 1.807) is 6.20 Å². The zero-order valence-corrected chi connectivity index (χ0v) is 12.0. The van der Waals surface area contributed by atoms with Gasteiger partial charge in [0.05, 0.1) is 4.47 Å². The molecular formula is C12H19BrN4. The summed E-state index contributed by atoms with van der Waals surface area (Å²) >= 11 is 3.47. The lowest BCUT2D eigenvalue weighted by Crippen LogP contribution is -2.33. The fourth-order valence-corrected chi connectivity index (χ4v) is 2.32. The first-order valence-corrected chi connectivity index (χ1v) is 6.92. The molecule has 1 aromatic rings. The van der Waals surface area contributed by atoms with Crippen LogP contribution < -0.4 is 10.6 Å². The monoisotopic (exact) mass is 298 g/mol. The van der Waals surface area contributed by atoms with Gasteiger partial charge in [-0.1, -0.05) is 13.3 Å². The van der Waals surface area contributed by atoms with Crippen molar-refractivity contribution in [3.63, 3.8) is 0 Å². The molecule has 1 aliphatic rings. The first-order chi connectivity index (χ1) is 8.13. The molecule has 1 fully saturated rings. The van der Waals surface area contributed by atoms with Crippen molar-refractivity contribution in [2.45, 2.75) is 33.1 Å². The van der Waals surface area contributed by atoms with E-state index in [0.29, 0.717) is 11.4 Å². The number of anilines is 2. The normalized spacial score (nSPS) is 17.4. The van der Waals surface area contributed by atoms with Crippen molar-refractivity contribution in [3.8, 4) is 0 Å². The molecule has 5 heteroatoms. The minimum atomic E-state index is 0.447. The van der Waals surface area contributed by atoms with Crippen molar-refractivity contribution in [2.24, 2.45) is 5.41 Å². The summed E-state index contributed by atoms with van der Waals surface area (Å²) in [6.07, 6.45) is 5.76. The Morgan fingerprint density at radius 3 is 2.76 bits per heavy atom. The van der Waals surface area contributed by atoms with Gasteiger partial charge in [-0.25, -0.2) is 4.98 Å². The van der Waals surface area contributed by atoms with E-state index in [2.05, 4.69) is 43.5 Å². The van der Waals surface area contributed by atoms with Crippen LogP contribution in [0, 0.1) is 5.41 Å². The van der Waals surface area contributed by atoms with Gasteiger partial charge < -0.3 is 10.6 Å². The van der Waals surface area contributed by atoms with Crippen LogP contribution in [0.2, 0.25) is 0 Å². The predicted molar refractivity (Wildman–Crippen MR) is 74.3 cm³/mol. The Morgan fingerprint density at radius 1 is 1.41 bits per heavy atom. The molecule has 94 valence electrons. The van der Waals surface area contributed by atoms with E-state index in [1.807, 2.05) is 6.92 Å². The fourth-order valence-electron chi connectivity index (χ4n) is 1.99. The highest BCUT2D eigenvalue weighted by atomic mass is 79.9. The standard InChI is InChI=1S/C12H19BrN4/c1-3-14-11-15-7-9(13)10(17-11)16-8-12(2)5-4-6-12/h7H,3-6,8H2,1-2H3,(H2,14,15,16,17). The van der Waals surface area contributed by atoms with Gasteiger partial charge in [0.25, 0.3) is 0 Å². The second-order valence-corrected chi connectivity index (χ2v) is 5.79. The lowest BCUT2D eigenvalue weighted by atomic mass is 9.70. The SMILES string of the molecule is CCNc1ncc(Br)c(NCC2(C)CCC2)n1. The molecule has 4 nitrogen and oxygen atoms in total. The summed E-state index contributed by atoms with van der Waals surface area (Å²) in [7, 11) is 0. The number of hydrogen-bond acceptors (Lipinski definition) is 4. The third kappa shape index (κ3) is 3.09. The van der Waals surface area contributed by atoms with Gasteiger partial charge in [-0.05, 0) is 41.1 Å². The van der Waals surface area contributed by atoms with Crippen molar-refractivity contribution in [3.05, 3.63) is 10.7 Å². The molecule has 0 aliphatic heterocycles. The summed E-state index contributed by atoms with van der Waals surface area (Å²) in [5.41, 5.74) is 0.447. The van der Waals surface area contributed by atoms with Crippen LogP contribution in [0.4, 0.5) is 11.8 Å². The molecule has 0 saturated heterocycles. The van der Waals surface area contributed by atoms with Crippen LogP contribution in [0.3, 0.4) is 0 Å². The van der Waals surface area contributed by atoms with Crippen molar-refractivity contribution in [1.82, 2.24) is 9.97 Å². The quantitative estimate of drug-likeness (QED) is 0.876. The molecule has 1 aromatic heterocycles. The fraction of sp³-hybridized carbons (Fsp3) is 0.667. The summed E-state index contributed by atoms with van der Waals surface area (Å²) in [6.45, 7) is 6.17. The lowest BCUT2D eigenvalue weighted by molar-refractivity contribution is 0.180. The van der Waals surface area contributed by atoms with Crippen LogP contribution in [0.5, 0.6) is 0 Å². The number of halogens is 1. The highest BCUT2D eigenvalue weighted by Gasteiger charge is 2.31. The van der Waals surface area contributed by atoms with Crippen molar-refractivity contribution in [1.29, 1.82) is 0 Å². The molecule has 17 heavy (non-hydrogen) atoms. The third-order valence-electron chi connectivity index (χ3n) is 3.32. The van der Waals surface area contributed by atoms with Gasteiger partial charge in [0.1, 0.15) is 5.82 Å². The molecule has 0 amide bonds. The summed E-state index contributed by atoms with van der Waals surface area (Å²) in [5.74, 6) is 1.56. The van der Waals surface area contributed by atoms with Crippen LogP contribution in [0.1, 0.15) is 33.1 Å². The second-order valence-electron chi connectivity index (χ2n) is 4.94. The first-order valence-electron chi connectivity index (χ1n) is 6.13. The maximum absolute atomic E-state index is 4.44.